The van der Waals surface area contributed by atoms with Crippen molar-refractivity contribution < 1.29 is 4.79 Å². The number of hydrogen-bond acceptors (Lipinski definition) is 4. The fourth-order valence-corrected chi connectivity index (χ4v) is 2.07. The molecular formula is C9H9BrN6O. The fraction of sp³-hybridized carbons (Fsp3) is 0.333. The zero-order valence-electron chi connectivity index (χ0n) is 8.75. The van der Waals surface area contributed by atoms with Crippen molar-refractivity contribution in [2.45, 2.75) is 6.04 Å². The van der Waals surface area contributed by atoms with Crippen LogP contribution in [0.25, 0.3) is 0 Å². The van der Waals surface area contributed by atoms with Crippen LogP contribution >= 0.6 is 15.9 Å². The summed E-state index contributed by atoms with van der Waals surface area (Å²) in [6.07, 6.45) is 5.07. The summed E-state index contributed by atoms with van der Waals surface area (Å²) in [5, 5.41) is 14.0. The zero-order valence-corrected chi connectivity index (χ0v) is 10.3. The smallest absolute Gasteiger partial charge is 0.276 e. The molecule has 1 fully saturated rings. The number of nitrogens with zero attached hydrogens (tertiary/aromatic N) is 5. The van der Waals surface area contributed by atoms with Gasteiger partial charge in [-0.25, -0.2) is 0 Å². The van der Waals surface area contributed by atoms with Crippen LogP contribution in [0, 0.1) is 0 Å². The first kappa shape index (κ1) is 10.5. The molecule has 2 aromatic heterocycles. The van der Waals surface area contributed by atoms with Crippen molar-refractivity contribution in [3.8, 4) is 0 Å². The second-order valence-corrected chi connectivity index (χ2v) is 4.77. The minimum atomic E-state index is -0.0961. The van der Waals surface area contributed by atoms with Crippen molar-refractivity contribution in [2.24, 2.45) is 0 Å². The van der Waals surface area contributed by atoms with E-state index >= 15 is 0 Å². The average Bonchev–Trinajstić information content (AvgIpc) is 2.86. The van der Waals surface area contributed by atoms with E-state index in [9.17, 15) is 4.79 Å². The Hall–Kier alpha value is -1.70. The molecule has 0 spiro atoms. The Kier molecular flexibility index (Phi) is 2.43. The van der Waals surface area contributed by atoms with E-state index in [2.05, 4.69) is 36.4 Å². The molecule has 0 saturated carbocycles. The van der Waals surface area contributed by atoms with Crippen molar-refractivity contribution in [1.82, 2.24) is 30.1 Å². The third-order valence-electron chi connectivity index (χ3n) is 2.73. The van der Waals surface area contributed by atoms with E-state index in [1.807, 2.05) is 10.9 Å². The molecule has 3 rings (SSSR count). The average molecular weight is 297 g/mol. The number of hydrogen-bond donors (Lipinski definition) is 1. The molecule has 0 atom stereocenters. The van der Waals surface area contributed by atoms with Gasteiger partial charge in [-0.1, -0.05) is 0 Å². The molecule has 0 unspecified atom stereocenters. The summed E-state index contributed by atoms with van der Waals surface area (Å²) in [5.41, 5.74) is 0.352. The van der Waals surface area contributed by atoms with Gasteiger partial charge in [-0.15, -0.1) is 0 Å². The lowest BCUT2D eigenvalue weighted by atomic mass is 10.1. The Bertz CT molecular complexity index is 529. The topological polar surface area (TPSA) is 79.7 Å². The maximum Gasteiger partial charge on any atom is 0.276 e. The van der Waals surface area contributed by atoms with Gasteiger partial charge in [0.1, 0.15) is 0 Å². The van der Waals surface area contributed by atoms with Gasteiger partial charge in [0.25, 0.3) is 5.91 Å². The third-order valence-corrected chi connectivity index (χ3v) is 3.14. The first-order valence-corrected chi connectivity index (χ1v) is 5.88. The molecule has 1 amide bonds. The number of likely N-dealkylation sites (tertiary alicyclic amines) is 1. The van der Waals surface area contributed by atoms with Crippen LogP contribution in [-0.2, 0) is 0 Å². The molecule has 8 heteroatoms. The zero-order chi connectivity index (χ0) is 11.8. The molecule has 88 valence electrons. The Balaban J connectivity index is 1.63. The van der Waals surface area contributed by atoms with Gasteiger partial charge >= 0.3 is 0 Å². The molecule has 1 saturated heterocycles. The number of nitrogens with one attached hydrogen (secondary N) is 1. The SMILES string of the molecule is O=C(c1cn[nH]n1)N1CC(n2cc(Br)cn2)C1. The summed E-state index contributed by atoms with van der Waals surface area (Å²) in [7, 11) is 0. The molecule has 0 aromatic carbocycles. The second kappa shape index (κ2) is 3.95. The van der Waals surface area contributed by atoms with Crippen LogP contribution in [-0.4, -0.2) is 49.1 Å². The normalized spacial score (nSPS) is 15.9. The van der Waals surface area contributed by atoms with Crippen LogP contribution in [0.1, 0.15) is 16.5 Å². The van der Waals surface area contributed by atoms with Gasteiger partial charge in [0.05, 0.1) is 22.9 Å². The van der Waals surface area contributed by atoms with Crippen LogP contribution < -0.4 is 0 Å². The van der Waals surface area contributed by atoms with Gasteiger partial charge < -0.3 is 4.90 Å². The summed E-state index contributed by atoms with van der Waals surface area (Å²) in [6, 6.07) is 0.247. The van der Waals surface area contributed by atoms with Gasteiger partial charge in [-0.2, -0.15) is 20.5 Å². The fourth-order valence-electron chi connectivity index (χ4n) is 1.77. The summed E-state index contributed by atoms with van der Waals surface area (Å²) in [4.78, 5) is 13.6. The Morgan fingerprint density at radius 2 is 2.29 bits per heavy atom. The van der Waals surface area contributed by atoms with Crippen molar-refractivity contribution in [3.63, 3.8) is 0 Å². The molecule has 3 heterocycles. The molecule has 0 aliphatic carbocycles. The number of H-pyrrole nitrogens is 1. The molecule has 0 bridgehead atoms. The number of amides is 1. The second-order valence-electron chi connectivity index (χ2n) is 3.86. The summed E-state index contributed by atoms with van der Waals surface area (Å²) in [5.74, 6) is -0.0961. The lowest BCUT2D eigenvalue weighted by molar-refractivity contribution is 0.0495. The van der Waals surface area contributed by atoms with Gasteiger partial charge in [-0.05, 0) is 15.9 Å². The Morgan fingerprint density at radius 3 is 2.88 bits per heavy atom. The quantitative estimate of drug-likeness (QED) is 0.873. The Morgan fingerprint density at radius 1 is 1.47 bits per heavy atom. The van der Waals surface area contributed by atoms with Gasteiger partial charge in [-0.3, -0.25) is 9.48 Å². The Labute approximate surface area is 105 Å². The number of carbonyl (C=O) groups is 1. The summed E-state index contributed by atoms with van der Waals surface area (Å²) in [6.45, 7) is 1.31. The lowest BCUT2D eigenvalue weighted by Crippen LogP contribution is -2.51. The van der Waals surface area contributed by atoms with E-state index in [4.69, 9.17) is 0 Å². The third kappa shape index (κ3) is 1.84. The summed E-state index contributed by atoms with van der Waals surface area (Å²) >= 11 is 3.34. The largest absolute Gasteiger partial charge is 0.333 e. The minimum absolute atomic E-state index is 0.0961. The highest BCUT2D eigenvalue weighted by atomic mass is 79.9. The van der Waals surface area contributed by atoms with Crippen LogP contribution in [0.3, 0.4) is 0 Å². The van der Waals surface area contributed by atoms with Crippen molar-refractivity contribution in [1.29, 1.82) is 0 Å². The lowest BCUT2D eigenvalue weighted by Gasteiger charge is -2.38. The molecule has 1 aliphatic heterocycles. The predicted molar refractivity (Wildman–Crippen MR) is 61.3 cm³/mol. The molecule has 17 heavy (non-hydrogen) atoms. The molecule has 2 aromatic rings. The van der Waals surface area contributed by atoms with Gasteiger partial charge in [0.2, 0.25) is 0 Å². The molecule has 0 radical (unpaired) electrons. The highest BCUT2D eigenvalue weighted by Gasteiger charge is 2.33. The van der Waals surface area contributed by atoms with E-state index in [0.29, 0.717) is 18.8 Å². The van der Waals surface area contributed by atoms with Crippen molar-refractivity contribution >= 4 is 21.8 Å². The number of carbonyl (C=O) groups excluding carboxylic acids is 1. The first-order chi connectivity index (χ1) is 8.24. The number of aromatic nitrogens is 5. The van der Waals surface area contributed by atoms with Crippen LogP contribution in [0.5, 0.6) is 0 Å². The van der Waals surface area contributed by atoms with E-state index in [1.54, 1.807) is 11.1 Å². The number of rotatable bonds is 2. The molecule has 1 N–H and O–H groups in total. The number of halogens is 1. The van der Waals surface area contributed by atoms with E-state index in [-0.39, 0.29) is 11.9 Å². The maximum absolute atomic E-state index is 11.8. The van der Waals surface area contributed by atoms with E-state index < -0.39 is 0 Å². The highest BCUT2D eigenvalue weighted by Crippen LogP contribution is 2.23. The standard InChI is InChI=1S/C9H9BrN6O/c10-6-1-12-16(3-6)7-4-15(5-7)9(17)8-2-11-14-13-8/h1-3,7H,4-5H2,(H,11,13,14). The predicted octanol–water partition coefficient (Wildman–Crippen LogP) is 0.461. The van der Waals surface area contributed by atoms with E-state index in [0.717, 1.165) is 4.47 Å². The maximum atomic E-state index is 11.8. The van der Waals surface area contributed by atoms with Gasteiger partial charge in [0.15, 0.2) is 5.69 Å². The molecule has 7 nitrogen and oxygen atoms in total. The number of aromatic amines is 1. The minimum Gasteiger partial charge on any atom is -0.333 e. The van der Waals surface area contributed by atoms with Crippen molar-refractivity contribution in [3.05, 3.63) is 28.8 Å². The molecule has 1 aliphatic rings. The summed E-state index contributed by atoms with van der Waals surface area (Å²) < 4.78 is 2.80. The van der Waals surface area contributed by atoms with Crippen LogP contribution in [0.4, 0.5) is 0 Å². The van der Waals surface area contributed by atoms with Crippen LogP contribution in [0.15, 0.2) is 23.1 Å². The van der Waals surface area contributed by atoms with E-state index in [1.165, 1.54) is 6.20 Å². The van der Waals surface area contributed by atoms with Crippen molar-refractivity contribution in [2.75, 3.05) is 13.1 Å². The first-order valence-electron chi connectivity index (χ1n) is 5.09. The van der Waals surface area contributed by atoms with Gasteiger partial charge in [0, 0.05) is 19.3 Å². The van der Waals surface area contributed by atoms with Crippen LogP contribution in [0.2, 0.25) is 0 Å². The molecular weight excluding hydrogens is 288 g/mol. The highest BCUT2D eigenvalue weighted by molar-refractivity contribution is 9.10. The monoisotopic (exact) mass is 296 g/mol.